The number of benzene rings is 3. The number of rotatable bonds is 10. The molecule has 3 heterocycles. The second kappa shape index (κ2) is 12.6. The zero-order valence-corrected chi connectivity index (χ0v) is 28.7. The molecule has 1 amide bonds. The van der Waals surface area contributed by atoms with Crippen molar-refractivity contribution in [3.05, 3.63) is 110 Å². The van der Waals surface area contributed by atoms with Crippen molar-refractivity contribution in [1.29, 1.82) is 0 Å². The van der Waals surface area contributed by atoms with Crippen LogP contribution in [0.15, 0.2) is 65.6 Å². The lowest BCUT2D eigenvalue weighted by molar-refractivity contribution is -0.122. The Hall–Kier alpha value is -5.15. The normalized spacial score (nSPS) is 14.0. The van der Waals surface area contributed by atoms with Gasteiger partial charge in [-0.2, -0.15) is 10.2 Å². The molecule has 7 rings (SSSR count). The molecule has 1 atom stereocenters. The molecule has 0 radical (unpaired) electrons. The van der Waals surface area contributed by atoms with Crippen LogP contribution >= 0.6 is 11.6 Å². The summed E-state index contributed by atoms with van der Waals surface area (Å²) < 4.78 is 60.0. The van der Waals surface area contributed by atoms with Crippen molar-refractivity contribution in [2.45, 2.75) is 44.7 Å². The minimum absolute atomic E-state index is 0.0488. The third-order valence-electron chi connectivity index (χ3n) is 8.54. The lowest BCUT2D eigenvalue weighted by atomic mass is 10.0. The highest BCUT2D eigenvalue weighted by molar-refractivity contribution is 7.92. The van der Waals surface area contributed by atoms with Gasteiger partial charge < -0.3 is 5.32 Å². The summed E-state index contributed by atoms with van der Waals surface area (Å²) in [4.78, 5) is 33.2. The van der Waals surface area contributed by atoms with Crippen LogP contribution in [0.4, 0.5) is 14.6 Å². The van der Waals surface area contributed by atoms with Crippen LogP contribution in [0.3, 0.4) is 0 Å². The van der Waals surface area contributed by atoms with Gasteiger partial charge in [-0.3, -0.25) is 28.2 Å². The van der Waals surface area contributed by atoms with Gasteiger partial charge in [-0.25, -0.2) is 22.2 Å². The standard InChI is InChI=1S/C34H31ClF2N8O4S/c1-18-5-4-6-25-29(18)34(47)45(27-10-9-23(35)30-31(27)43(2)41-32(30)42-50(3,48)49)33(39-25)26(15-19-13-21(36)16-22(37)14-19)38-28(46)17-44-12-11-24(40-44)20-7-8-20/h4-6,9-14,16,20,26H,7-8,15,17H2,1-3H3,(H,38,46)(H,41,42)/t26-/m0/s1. The first kappa shape index (κ1) is 33.4. The highest BCUT2D eigenvalue weighted by Crippen LogP contribution is 2.39. The zero-order chi connectivity index (χ0) is 35.5. The van der Waals surface area contributed by atoms with Crippen molar-refractivity contribution in [2.24, 2.45) is 7.05 Å². The van der Waals surface area contributed by atoms with Gasteiger partial charge in [-0.05, 0) is 67.3 Å². The van der Waals surface area contributed by atoms with Crippen molar-refractivity contribution in [1.82, 2.24) is 34.4 Å². The number of nitrogens with one attached hydrogen (secondary N) is 2. The Morgan fingerprint density at radius 1 is 1.06 bits per heavy atom. The lowest BCUT2D eigenvalue weighted by Crippen LogP contribution is -2.37. The molecular formula is C34H31ClF2N8O4S. The van der Waals surface area contributed by atoms with Crippen molar-refractivity contribution in [2.75, 3.05) is 11.0 Å². The van der Waals surface area contributed by atoms with E-state index in [0.29, 0.717) is 22.4 Å². The molecule has 0 unspecified atom stereocenters. The number of carbonyl (C=O) groups is 1. The second-order valence-corrected chi connectivity index (χ2v) is 14.7. The Kier molecular flexibility index (Phi) is 8.42. The summed E-state index contributed by atoms with van der Waals surface area (Å²) in [5.74, 6) is -1.73. The van der Waals surface area contributed by atoms with Gasteiger partial charge in [0.05, 0.1) is 50.5 Å². The molecule has 2 N–H and O–H groups in total. The average Bonchev–Trinajstić information content (AvgIpc) is 3.68. The van der Waals surface area contributed by atoms with E-state index >= 15 is 0 Å². The van der Waals surface area contributed by atoms with Gasteiger partial charge in [0.25, 0.3) is 5.56 Å². The number of hydrogen-bond acceptors (Lipinski definition) is 7. The number of hydrogen-bond donors (Lipinski definition) is 2. The van der Waals surface area contributed by atoms with E-state index in [1.54, 1.807) is 44.4 Å². The molecular weight excluding hydrogens is 690 g/mol. The maximum atomic E-state index is 14.7. The molecule has 1 saturated carbocycles. The van der Waals surface area contributed by atoms with Crippen molar-refractivity contribution in [3.63, 3.8) is 0 Å². The summed E-state index contributed by atoms with van der Waals surface area (Å²) >= 11 is 6.61. The molecule has 1 aliphatic rings. The maximum absolute atomic E-state index is 14.7. The van der Waals surface area contributed by atoms with Crippen LogP contribution < -0.4 is 15.6 Å². The molecule has 12 nitrogen and oxygen atoms in total. The predicted molar refractivity (Wildman–Crippen MR) is 185 cm³/mol. The van der Waals surface area contributed by atoms with E-state index in [4.69, 9.17) is 16.6 Å². The maximum Gasteiger partial charge on any atom is 0.266 e. The summed E-state index contributed by atoms with van der Waals surface area (Å²) in [6.07, 6.45) is 4.62. The van der Waals surface area contributed by atoms with Crippen LogP contribution in [0.25, 0.3) is 27.5 Å². The quantitative estimate of drug-likeness (QED) is 0.201. The fourth-order valence-electron chi connectivity index (χ4n) is 6.29. The van der Waals surface area contributed by atoms with Crippen LogP contribution in [0.5, 0.6) is 0 Å². The highest BCUT2D eigenvalue weighted by atomic mass is 35.5. The van der Waals surface area contributed by atoms with Crippen LogP contribution in [-0.4, -0.2) is 49.7 Å². The molecule has 0 aliphatic heterocycles. The lowest BCUT2D eigenvalue weighted by Gasteiger charge is -2.24. The van der Waals surface area contributed by atoms with Gasteiger partial charge in [0, 0.05) is 31.6 Å². The minimum atomic E-state index is -3.78. The number of nitrogens with zero attached hydrogens (tertiary/aromatic N) is 6. The summed E-state index contributed by atoms with van der Waals surface area (Å²) in [6.45, 7) is 1.60. The van der Waals surface area contributed by atoms with Crippen LogP contribution in [0, 0.1) is 18.6 Å². The van der Waals surface area contributed by atoms with Gasteiger partial charge >= 0.3 is 0 Å². The molecule has 258 valence electrons. The predicted octanol–water partition coefficient (Wildman–Crippen LogP) is 5.06. The Morgan fingerprint density at radius 3 is 2.50 bits per heavy atom. The van der Waals surface area contributed by atoms with Crippen LogP contribution in [0.1, 0.15) is 47.4 Å². The number of halogens is 3. The van der Waals surface area contributed by atoms with Gasteiger partial charge in [-0.1, -0.05) is 23.7 Å². The van der Waals surface area contributed by atoms with E-state index in [9.17, 15) is 26.8 Å². The monoisotopic (exact) mass is 720 g/mol. The summed E-state index contributed by atoms with van der Waals surface area (Å²) in [5.41, 5.74) is 2.08. The Labute approximate surface area is 289 Å². The first-order chi connectivity index (χ1) is 23.8. The van der Waals surface area contributed by atoms with E-state index in [0.717, 1.165) is 43.0 Å². The Morgan fingerprint density at radius 2 is 1.80 bits per heavy atom. The van der Waals surface area contributed by atoms with E-state index in [1.165, 1.54) is 20.0 Å². The smallest absolute Gasteiger partial charge is 0.266 e. The van der Waals surface area contributed by atoms with E-state index in [2.05, 4.69) is 20.2 Å². The number of anilines is 1. The van der Waals surface area contributed by atoms with Crippen LogP contribution in [0.2, 0.25) is 5.02 Å². The van der Waals surface area contributed by atoms with Crippen molar-refractivity contribution < 1.29 is 22.0 Å². The molecule has 1 fully saturated rings. The number of carbonyl (C=O) groups excluding carboxylic acids is 1. The zero-order valence-electron chi connectivity index (χ0n) is 27.1. The molecule has 1 aliphatic carbocycles. The Bertz CT molecular complexity index is 2490. The number of aromatic nitrogens is 6. The van der Waals surface area contributed by atoms with Crippen molar-refractivity contribution in [3.8, 4) is 5.69 Å². The minimum Gasteiger partial charge on any atom is -0.344 e. The summed E-state index contributed by atoms with van der Waals surface area (Å²) in [5, 5.41) is 12.5. The Balaban J connectivity index is 1.44. The molecule has 6 aromatic rings. The highest BCUT2D eigenvalue weighted by Gasteiger charge is 2.29. The largest absolute Gasteiger partial charge is 0.344 e. The fraction of sp³-hybridized carbons (Fsp3) is 0.265. The number of aryl methyl sites for hydroxylation is 2. The van der Waals surface area contributed by atoms with Crippen LogP contribution in [-0.2, 0) is 34.8 Å². The molecule has 0 bridgehead atoms. The van der Waals surface area contributed by atoms with E-state index in [1.807, 2.05) is 6.07 Å². The summed E-state index contributed by atoms with van der Waals surface area (Å²) in [6, 6.07) is 12.0. The molecule has 0 saturated heterocycles. The molecule has 16 heteroatoms. The van der Waals surface area contributed by atoms with Gasteiger partial charge in [0.2, 0.25) is 15.9 Å². The van der Waals surface area contributed by atoms with Crippen molar-refractivity contribution >= 4 is 55.2 Å². The van der Waals surface area contributed by atoms with Gasteiger partial charge in [-0.15, -0.1) is 0 Å². The third kappa shape index (κ3) is 6.57. The molecule has 3 aromatic heterocycles. The molecule has 50 heavy (non-hydrogen) atoms. The topological polar surface area (TPSA) is 146 Å². The number of fused-ring (bicyclic) bond motifs is 2. The van der Waals surface area contributed by atoms with E-state index in [-0.39, 0.29) is 51.8 Å². The SMILES string of the molecule is Cc1cccc2nc([C@H](Cc3cc(F)cc(F)c3)NC(=O)Cn3ccc(C4CC4)n3)n(-c3ccc(Cl)c4c(NS(C)(=O)=O)nn(C)c34)c(=O)c12. The third-order valence-corrected chi connectivity index (χ3v) is 9.42. The first-order valence-corrected chi connectivity index (χ1v) is 18.0. The average molecular weight is 721 g/mol. The molecule has 3 aromatic carbocycles. The van der Waals surface area contributed by atoms with Gasteiger partial charge in [0.15, 0.2) is 5.82 Å². The second-order valence-electron chi connectivity index (χ2n) is 12.5. The number of sulfonamides is 1. The summed E-state index contributed by atoms with van der Waals surface area (Å²) in [7, 11) is -2.21. The van der Waals surface area contributed by atoms with E-state index < -0.39 is 39.2 Å². The number of amides is 1. The first-order valence-electron chi connectivity index (χ1n) is 15.7. The molecule has 0 spiro atoms. The van der Waals surface area contributed by atoms with Gasteiger partial charge in [0.1, 0.15) is 24.0 Å². The fourth-order valence-corrected chi connectivity index (χ4v) is 7.02.